The molecular weight excluding hydrogens is 729 g/mol. The van der Waals surface area contributed by atoms with Crippen LogP contribution < -0.4 is 27.8 Å². The zero-order chi connectivity index (χ0) is 38.8. The molecule has 13 nitrogen and oxygen atoms in total. The number of nitrogens with zero attached hydrogens (tertiary/aromatic N) is 1. The minimum atomic E-state index is -0.780. The predicted molar refractivity (Wildman–Crippen MR) is 205 cm³/mol. The molecule has 1 saturated carbocycles. The summed E-state index contributed by atoms with van der Waals surface area (Å²) in [5, 5.41) is 20.6. The van der Waals surface area contributed by atoms with E-state index < -0.39 is 29.7 Å². The number of dihydropyridines is 2. The third-order valence-corrected chi connectivity index (χ3v) is 11.5. The van der Waals surface area contributed by atoms with Gasteiger partial charge in [-0.25, -0.2) is 14.4 Å². The number of esters is 3. The summed E-state index contributed by atoms with van der Waals surface area (Å²) in [6.45, 7) is 3.62. The monoisotopic (exact) mass is 766 g/mol. The molecule has 15 heteroatoms. The number of nitrogens with one attached hydrogen (secondary N) is 2. The van der Waals surface area contributed by atoms with Crippen molar-refractivity contribution >= 4 is 66.5 Å². The van der Waals surface area contributed by atoms with E-state index in [0.29, 0.717) is 29.4 Å². The number of rotatable bonds is 8. The molecule has 4 aromatic rings. The number of fused-ring (bicyclic) bond motifs is 2. The summed E-state index contributed by atoms with van der Waals surface area (Å²) in [5.41, 5.74) is 21.9. The molecule has 7 rings (SSSR count). The maximum atomic E-state index is 13.0. The Morgan fingerprint density at radius 3 is 1.94 bits per heavy atom. The van der Waals surface area contributed by atoms with E-state index in [1.165, 1.54) is 43.8 Å². The first-order valence-corrected chi connectivity index (χ1v) is 18.6. The van der Waals surface area contributed by atoms with Crippen LogP contribution in [0.1, 0.15) is 55.2 Å². The SMILES string of the molecule is CC(=O)C1=C(C)NC(N)=C(C(=O)OCC2CC2)C1c1csc2c(C#N)cccc12.COC(=O)C1=C(N)NC(N)=C(C(=O)OC)C1c1csc2ccccc12. The van der Waals surface area contributed by atoms with Crippen LogP contribution in [0.5, 0.6) is 0 Å². The maximum absolute atomic E-state index is 13.0. The first-order valence-electron chi connectivity index (χ1n) is 16.9. The number of nitriles is 1. The standard InChI is InChI=1S/C22H21N3O3S.C17H17N3O4S/c1-11-17(12(2)26)18(16-10-29-20-14(8-23)4-3-5-15(16)20)19(21(24)25-11)22(27)28-9-13-6-7-13;1-23-16(21)12-11(9-7-25-10-6-4-3-5-8(9)10)13(17(22)24-2)15(19)20-14(12)18/h3-5,10,13,18,25H,6-7,9,24H2,1-2H3;3-7,11,20H,18-19H2,1-2H3. The number of Topliss-reactive ketones (excluding diaryl/α,β-unsaturated/α-hetero) is 1. The molecule has 3 aliphatic rings. The molecule has 1 fully saturated rings. The van der Waals surface area contributed by atoms with Gasteiger partial charge in [0.2, 0.25) is 0 Å². The fourth-order valence-corrected chi connectivity index (χ4v) is 8.80. The van der Waals surface area contributed by atoms with Gasteiger partial charge in [-0.15, -0.1) is 22.7 Å². The molecule has 8 N–H and O–H groups in total. The highest BCUT2D eigenvalue weighted by Crippen LogP contribution is 2.45. The van der Waals surface area contributed by atoms with Crippen molar-refractivity contribution in [1.82, 2.24) is 10.6 Å². The quantitative estimate of drug-likeness (QED) is 0.121. The van der Waals surface area contributed by atoms with Crippen LogP contribution in [0.15, 0.2) is 98.7 Å². The zero-order valence-electron chi connectivity index (χ0n) is 29.9. The smallest absolute Gasteiger partial charge is 0.338 e. The molecule has 1 aliphatic carbocycles. The van der Waals surface area contributed by atoms with Crippen molar-refractivity contribution in [3.63, 3.8) is 0 Å². The highest BCUT2D eigenvalue weighted by molar-refractivity contribution is 7.17. The summed E-state index contributed by atoms with van der Waals surface area (Å²) in [6, 6.07) is 15.3. The van der Waals surface area contributed by atoms with E-state index in [-0.39, 0.29) is 40.0 Å². The zero-order valence-corrected chi connectivity index (χ0v) is 31.5. The number of benzene rings is 2. The third kappa shape index (κ3) is 7.01. The topological polar surface area (TPSA) is 222 Å². The summed E-state index contributed by atoms with van der Waals surface area (Å²) in [5.74, 6) is -2.62. The predicted octanol–water partition coefficient (Wildman–Crippen LogP) is 4.72. The molecule has 1 atom stereocenters. The van der Waals surface area contributed by atoms with Crippen LogP contribution >= 0.6 is 22.7 Å². The molecule has 4 heterocycles. The number of methoxy groups -OCH3 is 2. The first kappa shape index (κ1) is 37.6. The lowest BCUT2D eigenvalue weighted by atomic mass is 9.79. The molecule has 0 amide bonds. The van der Waals surface area contributed by atoms with E-state index >= 15 is 0 Å². The van der Waals surface area contributed by atoms with E-state index in [2.05, 4.69) is 16.7 Å². The lowest BCUT2D eigenvalue weighted by molar-refractivity contribution is -0.140. The summed E-state index contributed by atoms with van der Waals surface area (Å²) in [7, 11) is 2.51. The molecular formula is C39H38N6O7S2. The largest absolute Gasteiger partial charge is 0.466 e. The van der Waals surface area contributed by atoms with Crippen molar-refractivity contribution in [3.8, 4) is 6.07 Å². The van der Waals surface area contributed by atoms with Crippen LogP contribution in [0.25, 0.3) is 20.2 Å². The van der Waals surface area contributed by atoms with Gasteiger partial charge in [0, 0.05) is 16.0 Å². The van der Waals surface area contributed by atoms with Gasteiger partial charge in [0.25, 0.3) is 0 Å². The Labute approximate surface area is 318 Å². The number of ether oxygens (including phenoxy) is 3. The van der Waals surface area contributed by atoms with Gasteiger partial charge in [0.05, 0.1) is 59.6 Å². The van der Waals surface area contributed by atoms with Gasteiger partial charge in [-0.3, -0.25) is 4.79 Å². The number of hydrogen-bond acceptors (Lipinski definition) is 15. The number of carbonyl (C=O) groups is 4. The van der Waals surface area contributed by atoms with Gasteiger partial charge in [0.15, 0.2) is 5.78 Å². The second-order valence-corrected chi connectivity index (χ2v) is 14.7. The lowest BCUT2D eigenvalue weighted by Gasteiger charge is -2.29. The normalized spacial score (nSPS) is 17.4. The van der Waals surface area contributed by atoms with Crippen LogP contribution in [0, 0.1) is 17.2 Å². The first-order chi connectivity index (χ1) is 25.9. The Kier molecular flexibility index (Phi) is 10.8. The third-order valence-electron chi connectivity index (χ3n) is 9.46. The van der Waals surface area contributed by atoms with E-state index in [0.717, 1.165) is 44.1 Å². The van der Waals surface area contributed by atoms with Crippen molar-refractivity contribution in [2.24, 2.45) is 23.1 Å². The Hall–Kier alpha value is -6.11. The molecule has 2 aliphatic heterocycles. The summed E-state index contributed by atoms with van der Waals surface area (Å²) in [6.07, 6.45) is 2.13. The van der Waals surface area contributed by atoms with Crippen molar-refractivity contribution < 1.29 is 33.4 Å². The van der Waals surface area contributed by atoms with Gasteiger partial charge in [-0.05, 0) is 77.4 Å². The molecule has 0 radical (unpaired) electrons. The minimum absolute atomic E-state index is 0.0530. The summed E-state index contributed by atoms with van der Waals surface area (Å²) in [4.78, 5) is 50.3. The Morgan fingerprint density at radius 1 is 0.778 bits per heavy atom. The van der Waals surface area contributed by atoms with E-state index in [9.17, 15) is 24.4 Å². The Bertz CT molecular complexity index is 2350. The molecule has 0 bridgehead atoms. The van der Waals surface area contributed by atoms with Crippen LogP contribution in [0.4, 0.5) is 0 Å². The Morgan fingerprint density at radius 2 is 1.33 bits per heavy atom. The van der Waals surface area contributed by atoms with Crippen LogP contribution in [0.3, 0.4) is 0 Å². The van der Waals surface area contributed by atoms with Gasteiger partial charge >= 0.3 is 17.9 Å². The summed E-state index contributed by atoms with van der Waals surface area (Å²) >= 11 is 2.93. The average molecular weight is 767 g/mol. The minimum Gasteiger partial charge on any atom is -0.466 e. The van der Waals surface area contributed by atoms with Crippen molar-refractivity contribution in [1.29, 1.82) is 5.26 Å². The summed E-state index contributed by atoms with van der Waals surface area (Å²) < 4.78 is 17.1. The molecule has 2 aromatic carbocycles. The maximum Gasteiger partial charge on any atom is 0.338 e. The van der Waals surface area contributed by atoms with E-state index in [4.69, 9.17) is 31.4 Å². The van der Waals surface area contributed by atoms with Gasteiger partial charge in [0.1, 0.15) is 23.5 Å². The van der Waals surface area contributed by atoms with Crippen LogP contribution in [0.2, 0.25) is 0 Å². The molecule has 1 unspecified atom stereocenters. The molecule has 0 spiro atoms. The fourth-order valence-electron chi connectivity index (χ4n) is 6.75. The van der Waals surface area contributed by atoms with E-state index in [1.54, 1.807) is 19.1 Å². The number of hydrogen-bond donors (Lipinski definition) is 5. The van der Waals surface area contributed by atoms with Crippen LogP contribution in [-0.2, 0) is 33.4 Å². The van der Waals surface area contributed by atoms with E-state index in [1.807, 2.05) is 41.1 Å². The molecule has 2 aromatic heterocycles. The molecule has 278 valence electrons. The second kappa shape index (κ2) is 15.5. The van der Waals surface area contributed by atoms with Crippen molar-refractivity contribution in [3.05, 3.63) is 115 Å². The molecule has 54 heavy (non-hydrogen) atoms. The Balaban J connectivity index is 0.000000186. The average Bonchev–Trinajstić information content (AvgIpc) is 3.73. The number of nitrogens with two attached hydrogens (primary N) is 3. The number of carbonyl (C=O) groups excluding carboxylic acids is 4. The lowest BCUT2D eigenvalue weighted by Crippen LogP contribution is -2.39. The highest BCUT2D eigenvalue weighted by atomic mass is 32.1. The highest BCUT2D eigenvalue weighted by Gasteiger charge is 2.41. The fraction of sp³-hybridized carbons (Fsp3) is 0.256. The second-order valence-electron chi connectivity index (χ2n) is 12.9. The molecule has 0 saturated heterocycles. The van der Waals surface area contributed by atoms with Crippen molar-refractivity contribution in [2.45, 2.75) is 38.5 Å². The number of allylic oxidation sites excluding steroid dienone is 2. The number of thiophene rings is 2. The van der Waals surface area contributed by atoms with Gasteiger partial charge in [-0.1, -0.05) is 30.3 Å². The van der Waals surface area contributed by atoms with Gasteiger partial charge in [-0.2, -0.15) is 5.26 Å². The number of ketones is 1. The van der Waals surface area contributed by atoms with Crippen molar-refractivity contribution in [2.75, 3.05) is 20.8 Å². The van der Waals surface area contributed by atoms with Crippen LogP contribution in [-0.4, -0.2) is 44.5 Å². The van der Waals surface area contributed by atoms with Gasteiger partial charge < -0.3 is 42.0 Å².